The van der Waals surface area contributed by atoms with Gasteiger partial charge in [0.15, 0.2) is 0 Å². The summed E-state index contributed by atoms with van der Waals surface area (Å²) in [5, 5.41) is 12.4. The molecule has 1 aromatic rings. The van der Waals surface area contributed by atoms with Crippen molar-refractivity contribution in [3.05, 3.63) is 29.8 Å². The van der Waals surface area contributed by atoms with Crippen LogP contribution in [0.4, 0.5) is 0 Å². The molecular formula is C13H17NO3. The van der Waals surface area contributed by atoms with Gasteiger partial charge in [0.2, 0.25) is 0 Å². The first kappa shape index (κ1) is 11.9. The van der Waals surface area contributed by atoms with E-state index in [2.05, 4.69) is 5.32 Å². The van der Waals surface area contributed by atoms with Gasteiger partial charge in [0.1, 0.15) is 5.75 Å². The maximum atomic E-state index is 11.8. The van der Waals surface area contributed by atoms with Crippen molar-refractivity contribution in [3.63, 3.8) is 0 Å². The lowest BCUT2D eigenvalue weighted by atomic mass is 9.89. The molecule has 1 aliphatic carbocycles. The smallest absolute Gasteiger partial charge is 0.255 e. The number of amides is 1. The van der Waals surface area contributed by atoms with Crippen LogP contribution in [0.5, 0.6) is 5.75 Å². The number of hydrogen-bond acceptors (Lipinski definition) is 3. The summed E-state index contributed by atoms with van der Waals surface area (Å²) in [5.41, 5.74) is 0.326. The Balaban J connectivity index is 1.85. The molecule has 4 nitrogen and oxygen atoms in total. The van der Waals surface area contributed by atoms with Crippen LogP contribution in [0.15, 0.2) is 24.3 Å². The van der Waals surface area contributed by atoms with E-state index in [-0.39, 0.29) is 23.8 Å². The molecule has 1 amide bonds. The maximum absolute atomic E-state index is 11.8. The lowest BCUT2D eigenvalue weighted by molar-refractivity contribution is -0.00863. The van der Waals surface area contributed by atoms with E-state index in [0.29, 0.717) is 12.2 Å². The van der Waals surface area contributed by atoms with E-state index in [9.17, 15) is 9.90 Å². The molecular weight excluding hydrogens is 218 g/mol. The molecule has 17 heavy (non-hydrogen) atoms. The van der Waals surface area contributed by atoms with E-state index in [0.717, 1.165) is 12.8 Å². The van der Waals surface area contributed by atoms with Gasteiger partial charge in [0, 0.05) is 12.6 Å². The van der Waals surface area contributed by atoms with E-state index >= 15 is 0 Å². The highest BCUT2D eigenvalue weighted by atomic mass is 16.5. The van der Waals surface area contributed by atoms with Crippen molar-refractivity contribution in [2.24, 2.45) is 0 Å². The number of ether oxygens (including phenoxy) is 1. The summed E-state index contributed by atoms with van der Waals surface area (Å²) in [6, 6.07) is 6.72. The zero-order chi connectivity index (χ0) is 12.3. The van der Waals surface area contributed by atoms with Gasteiger partial charge in [0.05, 0.1) is 11.7 Å². The molecule has 0 unspecified atom stereocenters. The van der Waals surface area contributed by atoms with Gasteiger partial charge < -0.3 is 15.2 Å². The van der Waals surface area contributed by atoms with Crippen molar-refractivity contribution in [2.45, 2.75) is 31.9 Å². The zero-order valence-corrected chi connectivity index (χ0v) is 9.85. The lowest BCUT2D eigenvalue weighted by Gasteiger charge is -2.35. The first-order valence-corrected chi connectivity index (χ1v) is 5.91. The molecule has 1 aromatic carbocycles. The summed E-state index contributed by atoms with van der Waals surface area (Å²) >= 11 is 0. The van der Waals surface area contributed by atoms with Gasteiger partial charge in [-0.05, 0) is 31.9 Å². The van der Waals surface area contributed by atoms with E-state index in [1.807, 2.05) is 6.92 Å². The summed E-state index contributed by atoms with van der Waals surface area (Å²) < 4.78 is 5.42. The summed E-state index contributed by atoms with van der Waals surface area (Å²) in [6.07, 6.45) is 1.98. The Labute approximate surface area is 101 Å². The second-order valence-electron chi connectivity index (χ2n) is 4.24. The third-order valence-corrected chi connectivity index (χ3v) is 2.98. The van der Waals surface area contributed by atoms with E-state index < -0.39 is 0 Å². The van der Waals surface area contributed by atoms with E-state index in [1.54, 1.807) is 18.2 Å². The quantitative estimate of drug-likeness (QED) is 0.835. The first-order valence-electron chi connectivity index (χ1n) is 5.91. The van der Waals surface area contributed by atoms with Crippen molar-refractivity contribution in [1.29, 1.82) is 0 Å². The Kier molecular flexibility index (Phi) is 3.64. The van der Waals surface area contributed by atoms with Crippen LogP contribution in [-0.2, 0) is 4.74 Å². The van der Waals surface area contributed by atoms with Crippen LogP contribution in [0.25, 0.3) is 0 Å². The molecule has 0 radical (unpaired) electrons. The molecule has 4 heteroatoms. The fraction of sp³-hybridized carbons (Fsp3) is 0.462. The average molecular weight is 235 g/mol. The van der Waals surface area contributed by atoms with Gasteiger partial charge in [-0.1, -0.05) is 12.1 Å². The summed E-state index contributed by atoms with van der Waals surface area (Å²) in [6.45, 7) is 2.68. The number of nitrogens with one attached hydrogen (secondary N) is 1. The predicted molar refractivity (Wildman–Crippen MR) is 64.0 cm³/mol. The number of carbonyl (C=O) groups is 1. The van der Waals surface area contributed by atoms with Crippen molar-refractivity contribution < 1.29 is 14.6 Å². The van der Waals surface area contributed by atoms with Gasteiger partial charge in [-0.25, -0.2) is 0 Å². The third kappa shape index (κ3) is 2.77. The van der Waals surface area contributed by atoms with Crippen LogP contribution in [0.2, 0.25) is 0 Å². The van der Waals surface area contributed by atoms with Crippen LogP contribution in [-0.4, -0.2) is 29.8 Å². The minimum atomic E-state index is -0.219. The number of para-hydroxylation sites is 1. The van der Waals surface area contributed by atoms with Crippen molar-refractivity contribution in [2.75, 3.05) is 6.61 Å². The second kappa shape index (κ2) is 5.19. The van der Waals surface area contributed by atoms with E-state index in [4.69, 9.17) is 4.74 Å². The molecule has 92 valence electrons. The largest absolute Gasteiger partial charge is 0.507 e. The average Bonchev–Trinajstić information content (AvgIpc) is 2.26. The Bertz CT molecular complexity index is 399. The fourth-order valence-corrected chi connectivity index (χ4v) is 1.98. The normalized spacial score (nSPS) is 22.9. The molecule has 0 spiro atoms. The molecule has 2 N–H and O–H groups in total. The van der Waals surface area contributed by atoms with Crippen LogP contribution in [0, 0.1) is 0 Å². The van der Waals surface area contributed by atoms with Crippen LogP contribution in [0.3, 0.4) is 0 Å². The molecule has 0 aliphatic heterocycles. The van der Waals surface area contributed by atoms with Crippen LogP contribution in [0.1, 0.15) is 30.1 Å². The number of aromatic hydroxyl groups is 1. The zero-order valence-electron chi connectivity index (χ0n) is 9.85. The van der Waals surface area contributed by atoms with Crippen molar-refractivity contribution in [1.82, 2.24) is 5.32 Å². The fourth-order valence-electron chi connectivity index (χ4n) is 1.98. The van der Waals surface area contributed by atoms with Gasteiger partial charge in [-0.15, -0.1) is 0 Å². The first-order chi connectivity index (χ1) is 8.20. The topological polar surface area (TPSA) is 58.6 Å². The molecule has 1 fully saturated rings. The molecule has 1 saturated carbocycles. The minimum Gasteiger partial charge on any atom is -0.507 e. The highest BCUT2D eigenvalue weighted by Crippen LogP contribution is 2.24. The minimum absolute atomic E-state index is 0.0191. The lowest BCUT2D eigenvalue weighted by Crippen LogP contribution is -2.47. The highest BCUT2D eigenvalue weighted by molar-refractivity contribution is 5.96. The predicted octanol–water partition coefficient (Wildman–Crippen LogP) is 1.69. The summed E-state index contributed by atoms with van der Waals surface area (Å²) in [5.74, 6) is -0.200. The maximum Gasteiger partial charge on any atom is 0.255 e. The number of carbonyl (C=O) groups excluding carboxylic acids is 1. The molecule has 0 bridgehead atoms. The Hall–Kier alpha value is -1.55. The van der Waals surface area contributed by atoms with Gasteiger partial charge in [0.25, 0.3) is 5.91 Å². The van der Waals surface area contributed by atoms with Crippen LogP contribution >= 0.6 is 0 Å². The van der Waals surface area contributed by atoms with Gasteiger partial charge in [-0.3, -0.25) is 4.79 Å². The SMILES string of the molecule is CCOC1CC(NC(=O)c2ccccc2O)C1. The summed E-state index contributed by atoms with van der Waals surface area (Å²) in [7, 11) is 0. The van der Waals surface area contributed by atoms with E-state index in [1.165, 1.54) is 6.07 Å². The number of phenolic OH excluding ortho intramolecular Hbond substituents is 1. The molecule has 1 aliphatic rings. The molecule has 0 heterocycles. The van der Waals surface area contributed by atoms with Crippen molar-refractivity contribution >= 4 is 5.91 Å². The number of phenols is 1. The monoisotopic (exact) mass is 235 g/mol. The van der Waals surface area contributed by atoms with Gasteiger partial charge in [-0.2, -0.15) is 0 Å². The molecule has 0 atom stereocenters. The standard InChI is InChI=1S/C13H17NO3/c1-2-17-10-7-9(8-10)14-13(16)11-5-3-4-6-12(11)15/h3-6,9-10,15H,2,7-8H2,1H3,(H,14,16). The summed E-state index contributed by atoms with van der Waals surface area (Å²) in [4.78, 5) is 11.8. The second-order valence-corrected chi connectivity index (χ2v) is 4.24. The Morgan fingerprint density at radius 2 is 2.18 bits per heavy atom. The number of rotatable bonds is 4. The van der Waals surface area contributed by atoms with Crippen LogP contribution < -0.4 is 5.32 Å². The Morgan fingerprint density at radius 3 is 2.82 bits per heavy atom. The van der Waals surface area contributed by atoms with Crippen molar-refractivity contribution in [3.8, 4) is 5.75 Å². The number of hydrogen-bond donors (Lipinski definition) is 2. The Morgan fingerprint density at radius 1 is 1.47 bits per heavy atom. The molecule has 0 aromatic heterocycles. The number of benzene rings is 1. The molecule has 0 saturated heterocycles. The molecule has 2 rings (SSSR count). The van der Waals surface area contributed by atoms with Gasteiger partial charge >= 0.3 is 0 Å². The third-order valence-electron chi connectivity index (χ3n) is 2.98. The highest BCUT2D eigenvalue weighted by Gasteiger charge is 2.31.